The summed E-state index contributed by atoms with van der Waals surface area (Å²) < 4.78 is 66.2. The molecule has 3 aromatic carbocycles. The van der Waals surface area contributed by atoms with Gasteiger partial charge in [-0.2, -0.15) is 13.2 Å². The zero-order valence-electron chi connectivity index (χ0n) is 20.7. The van der Waals surface area contributed by atoms with Crippen molar-refractivity contribution in [2.45, 2.75) is 16.4 Å². The number of hydrogen-bond acceptors (Lipinski definition) is 3. The van der Waals surface area contributed by atoms with Crippen LogP contribution >= 0.6 is 58.0 Å². The lowest BCUT2D eigenvalue weighted by Gasteiger charge is -2.21. The standard InChI is InChI=1S/C26H15Cl5F5N3O3/c1-39(24(42)26(34,35)36)21-16(32)6-7-17(20(21)33)38-22(40)12-9-11(3-5-13(12)27)37-23(41)19-18(25(19,30)31)10-2-4-14(28)15(29)8-10/h2-9,18-19H,1H3,(H,37,41)(H,38,40)/t18-,19+/m0/s1. The number of rotatable bonds is 6. The van der Waals surface area contributed by atoms with Gasteiger partial charge in [0.2, 0.25) is 5.91 Å². The fraction of sp³-hybridized carbons (Fsp3) is 0.192. The molecule has 3 aromatic rings. The van der Waals surface area contributed by atoms with Gasteiger partial charge in [-0.25, -0.2) is 8.78 Å². The lowest BCUT2D eigenvalue weighted by Crippen LogP contribution is -2.39. The fourth-order valence-electron chi connectivity index (χ4n) is 4.20. The van der Waals surface area contributed by atoms with Gasteiger partial charge in [0, 0.05) is 18.7 Å². The highest BCUT2D eigenvalue weighted by atomic mass is 35.5. The molecule has 0 aromatic heterocycles. The normalized spacial score (nSPS) is 17.4. The molecule has 0 bridgehead atoms. The topological polar surface area (TPSA) is 78.5 Å². The van der Waals surface area contributed by atoms with E-state index in [4.69, 9.17) is 58.0 Å². The third-order valence-electron chi connectivity index (χ3n) is 6.31. The summed E-state index contributed by atoms with van der Waals surface area (Å²) in [5.74, 6) is -8.91. The Balaban J connectivity index is 1.54. The van der Waals surface area contributed by atoms with E-state index in [-0.39, 0.29) is 26.2 Å². The lowest BCUT2D eigenvalue weighted by molar-refractivity contribution is -0.170. The van der Waals surface area contributed by atoms with Crippen LogP contribution in [-0.4, -0.2) is 35.3 Å². The first kappa shape index (κ1) is 32.1. The predicted molar refractivity (Wildman–Crippen MR) is 151 cm³/mol. The largest absolute Gasteiger partial charge is 0.471 e. The minimum Gasteiger partial charge on any atom is -0.326 e. The van der Waals surface area contributed by atoms with Crippen LogP contribution in [-0.2, 0) is 9.59 Å². The number of amides is 3. The Morgan fingerprint density at radius 1 is 0.881 bits per heavy atom. The molecule has 1 saturated carbocycles. The monoisotopic (exact) mass is 687 g/mol. The summed E-state index contributed by atoms with van der Waals surface area (Å²) in [5, 5.41) is 5.01. The molecule has 42 heavy (non-hydrogen) atoms. The van der Waals surface area contributed by atoms with Crippen molar-refractivity contribution >= 4 is 92.8 Å². The molecule has 1 aliphatic rings. The molecule has 0 heterocycles. The Morgan fingerprint density at radius 2 is 1.52 bits per heavy atom. The van der Waals surface area contributed by atoms with E-state index in [2.05, 4.69) is 10.6 Å². The molecule has 16 heteroatoms. The minimum atomic E-state index is -5.42. The van der Waals surface area contributed by atoms with Crippen molar-refractivity contribution in [1.29, 1.82) is 0 Å². The molecular formula is C26H15Cl5F5N3O3. The molecule has 0 radical (unpaired) electrons. The van der Waals surface area contributed by atoms with Crippen LogP contribution in [0.4, 0.5) is 39.0 Å². The number of hydrogen-bond donors (Lipinski definition) is 2. The van der Waals surface area contributed by atoms with Crippen LogP contribution in [0.5, 0.6) is 0 Å². The molecule has 1 aliphatic carbocycles. The van der Waals surface area contributed by atoms with E-state index in [9.17, 15) is 31.9 Å². The van der Waals surface area contributed by atoms with E-state index < -0.39 is 63.1 Å². The number of halogens is 10. The molecule has 2 N–H and O–H groups in total. The quantitative estimate of drug-likeness (QED) is 0.202. The Morgan fingerprint density at radius 3 is 2.14 bits per heavy atom. The number of anilines is 3. The van der Waals surface area contributed by atoms with Gasteiger partial charge in [0.25, 0.3) is 5.91 Å². The maximum atomic E-state index is 15.0. The van der Waals surface area contributed by atoms with Crippen LogP contribution in [0.3, 0.4) is 0 Å². The molecule has 222 valence electrons. The average Bonchev–Trinajstić information content (AvgIpc) is 3.49. The second kappa shape index (κ2) is 11.7. The van der Waals surface area contributed by atoms with Crippen LogP contribution in [0.15, 0.2) is 48.5 Å². The van der Waals surface area contributed by atoms with E-state index in [0.717, 1.165) is 12.1 Å². The average molecular weight is 690 g/mol. The van der Waals surface area contributed by atoms with Crippen molar-refractivity contribution in [1.82, 2.24) is 0 Å². The van der Waals surface area contributed by atoms with Gasteiger partial charge in [-0.3, -0.25) is 14.4 Å². The Hall–Kier alpha value is -2.83. The highest BCUT2D eigenvalue weighted by Crippen LogP contribution is 2.65. The van der Waals surface area contributed by atoms with Crippen molar-refractivity contribution in [2.24, 2.45) is 5.92 Å². The Bertz CT molecular complexity index is 1620. The first-order valence-corrected chi connectivity index (χ1v) is 13.4. The van der Waals surface area contributed by atoms with Crippen LogP contribution in [0.2, 0.25) is 15.1 Å². The third kappa shape index (κ3) is 6.26. The summed E-state index contributed by atoms with van der Waals surface area (Å²) in [6.45, 7) is 0. The van der Waals surface area contributed by atoms with Crippen LogP contribution in [0.1, 0.15) is 21.8 Å². The SMILES string of the molecule is CN(C(=O)C(F)(F)F)c1c(F)ccc(NC(=O)c2cc(NC(=O)[C@H]3[C@H](c4ccc(Cl)c(Cl)c4)C3(Cl)Cl)ccc2Cl)c1F. The van der Waals surface area contributed by atoms with E-state index in [1.165, 1.54) is 24.3 Å². The molecule has 0 unspecified atom stereocenters. The van der Waals surface area contributed by atoms with Gasteiger partial charge < -0.3 is 15.5 Å². The van der Waals surface area contributed by atoms with E-state index in [1.807, 2.05) is 0 Å². The van der Waals surface area contributed by atoms with Crippen molar-refractivity contribution in [3.63, 3.8) is 0 Å². The summed E-state index contributed by atoms with van der Waals surface area (Å²) in [6, 6.07) is 9.72. The van der Waals surface area contributed by atoms with Crippen molar-refractivity contribution < 1.29 is 36.3 Å². The smallest absolute Gasteiger partial charge is 0.326 e. The van der Waals surface area contributed by atoms with Crippen LogP contribution in [0, 0.1) is 17.6 Å². The van der Waals surface area contributed by atoms with Crippen LogP contribution < -0.4 is 15.5 Å². The van der Waals surface area contributed by atoms with Crippen molar-refractivity contribution in [3.8, 4) is 0 Å². The third-order valence-corrected chi connectivity index (χ3v) is 8.32. The molecule has 6 nitrogen and oxygen atoms in total. The Kier molecular flexibility index (Phi) is 8.93. The number of nitrogens with zero attached hydrogens (tertiary/aromatic N) is 1. The van der Waals surface area contributed by atoms with E-state index in [1.54, 1.807) is 6.07 Å². The molecule has 2 atom stereocenters. The number of alkyl halides is 5. The van der Waals surface area contributed by atoms with Gasteiger partial charge in [-0.1, -0.05) is 40.9 Å². The molecule has 0 aliphatic heterocycles. The summed E-state index contributed by atoms with van der Waals surface area (Å²) in [4.78, 5) is 37.2. The van der Waals surface area contributed by atoms with E-state index in [0.29, 0.717) is 23.7 Å². The molecular weight excluding hydrogens is 675 g/mol. The molecule has 3 amide bonds. The summed E-state index contributed by atoms with van der Waals surface area (Å²) in [6.07, 6.45) is -5.42. The molecule has 4 rings (SSSR count). The molecule has 1 fully saturated rings. The van der Waals surface area contributed by atoms with Crippen molar-refractivity contribution in [2.75, 3.05) is 22.6 Å². The summed E-state index contributed by atoms with van der Waals surface area (Å²) in [7, 11) is 0.522. The number of benzene rings is 3. The number of carbonyl (C=O) groups is 3. The minimum absolute atomic E-state index is 0.0641. The van der Waals surface area contributed by atoms with Crippen molar-refractivity contribution in [3.05, 3.63) is 86.4 Å². The summed E-state index contributed by atoms with van der Waals surface area (Å²) >= 11 is 30.8. The molecule has 0 spiro atoms. The highest BCUT2D eigenvalue weighted by molar-refractivity contribution is 6.53. The van der Waals surface area contributed by atoms with Gasteiger partial charge in [-0.15, -0.1) is 23.2 Å². The van der Waals surface area contributed by atoms with Gasteiger partial charge in [-0.05, 0) is 48.0 Å². The fourth-order valence-corrected chi connectivity index (χ4v) is 5.53. The maximum Gasteiger partial charge on any atom is 0.471 e. The van der Waals surface area contributed by atoms with E-state index >= 15 is 4.39 Å². The second-order valence-electron chi connectivity index (χ2n) is 9.06. The molecule has 0 saturated heterocycles. The first-order valence-electron chi connectivity index (χ1n) is 11.5. The van der Waals surface area contributed by atoms with Gasteiger partial charge >= 0.3 is 12.1 Å². The highest BCUT2D eigenvalue weighted by Gasteiger charge is 2.67. The Labute approximate surface area is 259 Å². The number of nitrogens with one attached hydrogen (secondary N) is 2. The van der Waals surface area contributed by atoms with Gasteiger partial charge in [0.15, 0.2) is 5.82 Å². The zero-order chi connectivity index (χ0) is 31.3. The number of carbonyl (C=O) groups excluding carboxylic acids is 3. The maximum absolute atomic E-state index is 15.0. The van der Waals surface area contributed by atoms with Crippen LogP contribution in [0.25, 0.3) is 0 Å². The van der Waals surface area contributed by atoms with Gasteiger partial charge in [0.1, 0.15) is 15.8 Å². The van der Waals surface area contributed by atoms with Gasteiger partial charge in [0.05, 0.1) is 32.2 Å². The summed E-state index contributed by atoms with van der Waals surface area (Å²) in [5.41, 5.74) is -1.75. The zero-order valence-corrected chi connectivity index (χ0v) is 24.5. The lowest BCUT2D eigenvalue weighted by atomic mass is 10.1. The predicted octanol–water partition coefficient (Wildman–Crippen LogP) is 8.23. The first-order chi connectivity index (χ1) is 19.4. The second-order valence-corrected chi connectivity index (χ2v) is 11.7.